The van der Waals surface area contributed by atoms with Crippen LogP contribution in [0.25, 0.3) is 0 Å². The van der Waals surface area contributed by atoms with Crippen molar-refractivity contribution in [3.05, 3.63) is 35.4 Å². The number of benzene rings is 1. The third-order valence-corrected chi connectivity index (χ3v) is 5.55. The molecule has 2 unspecified atom stereocenters. The van der Waals surface area contributed by atoms with Crippen LogP contribution in [0.3, 0.4) is 0 Å². The molecule has 2 aliphatic rings. The molecule has 25 heavy (non-hydrogen) atoms. The molecule has 5 heteroatoms. The Balaban J connectivity index is 1.62. The van der Waals surface area contributed by atoms with Gasteiger partial charge in [-0.3, -0.25) is 9.59 Å². The molecule has 2 fully saturated rings. The molecule has 1 heterocycles. The van der Waals surface area contributed by atoms with Crippen molar-refractivity contribution in [3.63, 3.8) is 0 Å². The molecule has 0 spiro atoms. The number of hydrogen-bond donors (Lipinski definition) is 2. The molecular weight excluding hydrogens is 314 g/mol. The molecule has 3 N–H and O–H groups in total. The lowest BCUT2D eigenvalue weighted by Crippen LogP contribution is -2.45. The minimum Gasteiger partial charge on any atom is -0.344 e. The normalized spacial score (nSPS) is 27.2. The van der Waals surface area contributed by atoms with Crippen LogP contribution >= 0.6 is 0 Å². The van der Waals surface area contributed by atoms with E-state index in [2.05, 4.69) is 26.1 Å². The van der Waals surface area contributed by atoms with E-state index in [1.165, 1.54) is 0 Å². The molecule has 1 saturated carbocycles. The van der Waals surface area contributed by atoms with E-state index in [-0.39, 0.29) is 22.8 Å². The third-order valence-electron chi connectivity index (χ3n) is 5.55. The summed E-state index contributed by atoms with van der Waals surface area (Å²) in [7, 11) is 0. The first kappa shape index (κ1) is 17.9. The number of nitrogens with two attached hydrogens (primary N) is 1. The van der Waals surface area contributed by atoms with Crippen LogP contribution in [0, 0.1) is 10.8 Å². The Bertz CT molecular complexity index is 685. The van der Waals surface area contributed by atoms with Crippen LogP contribution in [0.4, 0.5) is 0 Å². The van der Waals surface area contributed by atoms with E-state index in [1.54, 1.807) is 4.90 Å². The number of nitrogens with one attached hydrogen (secondary N) is 1. The lowest BCUT2D eigenvalue weighted by Gasteiger charge is -2.39. The van der Waals surface area contributed by atoms with Crippen molar-refractivity contribution < 1.29 is 9.59 Å². The van der Waals surface area contributed by atoms with E-state index < -0.39 is 5.91 Å². The monoisotopic (exact) mass is 343 g/mol. The average Bonchev–Trinajstić information content (AvgIpc) is 2.80. The zero-order chi connectivity index (χ0) is 18.2. The molecule has 0 radical (unpaired) electrons. The molecule has 2 atom stereocenters. The van der Waals surface area contributed by atoms with Gasteiger partial charge < -0.3 is 16.0 Å². The predicted molar refractivity (Wildman–Crippen MR) is 97.4 cm³/mol. The number of likely N-dealkylation sites (tertiary alicyclic amines) is 1. The van der Waals surface area contributed by atoms with Crippen LogP contribution in [0.5, 0.6) is 0 Å². The van der Waals surface area contributed by atoms with Gasteiger partial charge in [0.2, 0.25) is 0 Å². The zero-order valence-corrected chi connectivity index (χ0v) is 15.5. The molecule has 1 aliphatic heterocycles. The third kappa shape index (κ3) is 3.87. The van der Waals surface area contributed by atoms with Crippen molar-refractivity contribution in [2.45, 2.75) is 59.2 Å². The van der Waals surface area contributed by atoms with Gasteiger partial charge in [-0.15, -0.1) is 0 Å². The lowest BCUT2D eigenvalue weighted by atomic mass is 9.65. The first-order valence-corrected chi connectivity index (χ1v) is 9.08. The summed E-state index contributed by atoms with van der Waals surface area (Å²) in [4.78, 5) is 26.9. The van der Waals surface area contributed by atoms with Crippen LogP contribution in [-0.4, -0.2) is 29.3 Å². The number of nitrogens with zero attached hydrogens (tertiary/aromatic N) is 1. The molecule has 2 bridgehead atoms. The fraction of sp³-hybridized carbons (Fsp3) is 0.600. The van der Waals surface area contributed by atoms with Crippen molar-refractivity contribution in [2.24, 2.45) is 16.6 Å². The van der Waals surface area contributed by atoms with Gasteiger partial charge in [0, 0.05) is 25.7 Å². The van der Waals surface area contributed by atoms with Gasteiger partial charge in [-0.2, -0.15) is 0 Å². The van der Waals surface area contributed by atoms with Crippen molar-refractivity contribution >= 4 is 11.8 Å². The molecule has 1 aliphatic carbocycles. The van der Waals surface area contributed by atoms with Crippen molar-refractivity contribution in [3.8, 4) is 0 Å². The highest BCUT2D eigenvalue weighted by molar-refractivity contribution is 6.35. The van der Waals surface area contributed by atoms with E-state index in [1.807, 2.05) is 24.3 Å². The summed E-state index contributed by atoms with van der Waals surface area (Å²) in [6, 6.07) is 7.93. The van der Waals surface area contributed by atoms with Gasteiger partial charge in [-0.1, -0.05) is 45.0 Å². The van der Waals surface area contributed by atoms with Crippen LogP contribution in [0.1, 0.15) is 51.2 Å². The van der Waals surface area contributed by atoms with Crippen molar-refractivity contribution in [1.82, 2.24) is 10.2 Å². The maximum absolute atomic E-state index is 12.7. The summed E-state index contributed by atoms with van der Waals surface area (Å²) in [6.45, 7) is 8.26. The SMILES string of the molecule is CC1(C)CC2CC(C)(CN2C(=O)C(=O)NCc2cccc(CN)c2)C1. The summed E-state index contributed by atoms with van der Waals surface area (Å²) in [5, 5.41) is 2.77. The zero-order valence-electron chi connectivity index (χ0n) is 15.5. The smallest absolute Gasteiger partial charge is 0.312 e. The highest BCUT2D eigenvalue weighted by Gasteiger charge is 2.51. The highest BCUT2D eigenvalue weighted by atomic mass is 16.2. The quantitative estimate of drug-likeness (QED) is 0.826. The molecule has 1 aromatic rings. The fourth-order valence-corrected chi connectivity index (χ4v) is 4.95. The van der Waals surface area contributed by atoms with Crippen LogP contribution in [0.2, 0.25) is 0 Å². The number of rotatable bonds is 3. The summed E-state index contributed by atoms with van der Waals surface area (Å²) < 4.78 is 0. The number of fused-ring (bicyclic) bond motifs is 2. The summed E-state index contributed by atoms with van der Waals surface area (Å²) >= 11 is 0. The second-order valence-corrected chi connectivity index (χ2v) is 8.85. The van der Waals surface area contributed by atoms with E-state index in [0.29, 0.717) is 19.6 Å². The first-order chi connectivity index (χ1) is 11.7. The maximum atomic E-state index is 12.7. The molecule has 136 valence electrons. The minimum atomic E-state index is -0.507. The van der Waals surface area contributed by atoms with Gasteiger partial charge in [-0.25, -0.2) is 0 Å². The Kier molecular flexibility index (Phi) is 4.62. The van der Waals surface area contributed by atoms with Gasteiger partial charge in [0.1, 0.15) is 0 Å². The first-order valence-electron chi connectivity index (χ1n) is 9.08. The van der Waals surface area contributed by atoms with Crippen LogP contribution < -0.4 is 11.1 Å². The van der Waals surface area contributed by atoms with E-state index in [0.717, 1.165) is 30.4 Å². The van der Waals surface area contributed by atoms with Crippen LogP contribution in [-0.2, 0) is 22.7 Å². The Morgan fingerprint density at radius 2 is 1.96 bits per heavy atom. The van der Waals surface area contributed by atoms with Gasteiger partial charge in [0.15, 0.2) is 0 Å². The van der Waals surface area contributed by atoms with Gasteiger partial charge in [0.05, 0.1) is 0 Å². The molecule has 1 saturated heterocycles. The van der Waals surface area contributed by atoms with Gasteiger partial charge in [0.25, 0.3) is 0 Å². The lowest BCUT2D eigenvalue weighted by molar-refractivity contribution is -0.146. The molecule has 5 nitrogen and oxygen atoms in total. The predicted octanol–water partition coefficient (Wildman–Crippen LogP) is 2.19. The molecule has 3 rings (SSSR count). The highest BCUT2D eigenvalue weighted by Crippen LogP contribution is 2.52. The van der Waals surface area contributed by atoms with Gasteiger partial charge in [-0.05, 0) is 41.2 Å². The Hall–Kier alpha value is -1.88. The number of carbonyl (C=O) groups excluding carboxylic acids is 2. The second kappa shape index (κ2) is 6.45. The largest absolute Gasteiger partial charge is 0.344 e. The summed E-state index contributed by atoms with van der Waals surface area (Å²) in [5.74, 6) is -0.895. The van der Waals surface area contributed by atoms with E-state index in [9.17, 15) is 9.59 Å². The fourth-order valence-electron chi connectivity index (χ4n) is 4.95. The molecule has 2 amide bonds. The van der Waals surface area contributed by atoms with E-state index >= 15 is 0 Å². The Morgan fingerprint density at radius 1 is 1.24 bits per heavy atom. The maximum Gasteiger partial charge on any atom is 0.312 e. The van der Waals surface area contributed by atoms with Gasteiger partial charge >= 0.3 is 11.8 Å². The Morgan fingerprint density at radius 3 is 2.68 bits per heavy atom. The Labute approximate surface area is 150 Å². The summed E-state index contributed by atoms with van der Waals surface area (Å²) in [6.07, 6.45) is 3.09. The van der Waals surface area contributed by atoms with E-state index in [4.69, 9.17) is 5.73 Å². The van der Waals surface area contributed by atoms with Crippen LogP contribution in [0.15, 0.2) is 24.3 Å². The molecular formula is C20H29N3O2. The molecule has 1 aromatic carbocycles. The van der Waals surface area contributed by atoms with Crippen molar-refractivity contribution in [2.75, 3.05) is 6.54 Å². The number of amides is 2. The number of carbonyl (C=O) groups is 2. The average molecular weight is 343 g/mol. The van der Waals surface area contributed by atoms with Crippen molar-refractivity contribution in [1.29, 1.82) is 0 Å². The minimum absolute atomic E-state index is 0.137. The second-order valence-electron chi connectivity index (χ2n) is 8.85. The summed E-state index contributed by atoms with van der Waals surface area (Å²) in [5.41, 5.74) is 7.98. The molecule has 0 aromatic heterocycles. The standard InChI is InChI=1S/C20H29N3O2/c1-19(2)8-16-9-20(3,12-19)13-23(16)18(25)17(24)22-11-15-6-4-5-14(7-15)10-21/h4-7,16H,8-13,21H2,1-3H3,(H,22,24). The number of hydrogen-bond acceptors (Lipinski definition) is 3. The topological polar surface area (TPSA) is 75.4 Å².